The molecule has 0 radical (unpaired) electrons. The van der Waals surface area contributed by atoms with Crippen LogP contribution in [0.3, 0.4) is 0 Å². The van der Waals surface area contributed by atoms with Gasteiger partial charge in [0.15, 0.2) is 0 Å². The van der Waals surface area contributed by atoms with Crippen LogP contribution in [0.4, 0.5) is 0 Å². The van der Waals surface area contributed by atoms with Crippen molar-refractivity contribution in [2.24, 2.45) is 4.99 Å². The van der Waals surface area contributed by atoms with Crippen molar-refractivity contribution >= 4 is 22.2 Å². The number of rotatable bonds is 6. The predicted molar refractivity (Wildman–Crippen MR) is 111 cm³/mol. The zero-order valence-corrected chi connectivity index (χ0v) is 20.6. The van der Waals surface area contributed by atoms with E-state index in [9.17, 15) is 5.11 Å². The van der Waals surface area contributed by atoms with Crippen LogP contribution < -0.4 is 9.84 Å². The minimum Gasteiger partial charge on any atom is -0.876 e. The molecular formula is C18H33FeN3O2Si2. The molecule has 1 heterocycles. The van der Waals surface area contributed by atoms with Crippen LogP contribution in [0.5, 0.6) is 5.75 Å². The van der Waals surface area contributed by atoms with E-state index in [0.717, 1.165) is 11.4 Å². The summed E-state index contributed by atoms with van der Waals surface area (Å²) in [4.78, 5) is 8.38. The fourth-order valence-corrected chi connectivity index (χ4v) is 10.3. The van der Waals surface area contributed by atoms with Crippen LogP contribution in [0.25, 0.3) is 4.65 Å². The topological polar surface area (TPSA) is 71.6 Å². The molecule has 5 nitrogen and oxygen atoms in total. The van der Waals surface area contributed by atoms with Crippen molar-refractivity contribution in [2.45, 2.75) is 59.7 Å². The molecule has 148 valence electrons. The summed E-state index contributed by atoms with van der Waals surface area (Å²) >= 11 is 0. The minimum absolute atomic E-state index is 0. The molecule has 1 aromatic rings. The minimum atomic E-state index is -1.11. The number of aromatic nitrogens is 1. The Labute approximate surface area is 172 Å². The molecule has 0 unspecified atom stereocenters. The second kappa shape index (κ2) is 12.5. The number of aliphatic imine (C=N–C) groups is 1. The number of hydrogen-bond donors (Lipinski definition) is 0. The number of pyridine rings is 1. The van der Waals surface area contributed by atoms with Crippen LogP contribution in [-0.2, 0) is 23.6 Å². The molecule has 0 aliphatic carbocycles. The van der Waals surface area contributed by atoms with E-state index in [1.165, 1.54) is 13.0 Å². The third-order valence-electron chi connectivity index (χ3n) is 2.60. The van der Waals surface area contributed by atoms with Crippen LogP contribution in [-0.4, -0.2) is 34.3 Å². The first-order chi connectivity index (χ1) is 11.3. The van der Waals surface area contributed by atoms with E-state index >= 15 is 0 Å². The summed E-state index contributed by atoms with van der Waals surface area (Å²) in [5.74, 6) is 0.758. The van der Waals surface area contributed by atoms with Gasteiger partial charge < -0.3 is 14.5 Å². The zero-order valence-electron chi connectivity index (χ0n) is 17.5. The Morgan fingerprint density at radius 3 is 2.12 bits per heavy atom. The van der Waals surface area contributed by atoms with E-state index in [1.54, 1.807) is 26.3 Å². The first-order valence-electron chi connectivity index (χ1n) is 8.42. The molecule has 26 heavy (non-hydrogen) atoms. The van der Waals surface area contributed by atoms with Gasteiger partial charge in [0.25, 0.3) is 0 Å². The molecule has 8 heteroatoms. The maximum Gasteiger partial charge on any atom is 2.00 e. The fourth-order valence-electron chi connectivity index (χ4n) is 2.22. The Kier molecular flexibility index (Phi) is 13.1. The molecule has 0 bridgehead atoms. The Morgan fingerprint density at radius 2 is 1.73 bits per heavy atom. The van der Waals surface area contributed by atoms with Crippen molar-refractivity contribution < 1.29 is 26.9 Å². The average molecular weight is 435 g/mol. The van der Waals surface area contributed by atoms with Gasteiger partial charge in [0.2, 0.25) is 0 Å². The SMILES string of the molecule is COc1ccnc(CN=C(C)/C=C(/C)[O-])c1.C[Si](C)(C)[N-][Si](C)(C)C.[Fe+2]. The van der Waals surface area contributed by atoms with Gasteiger partial charge in [0.1, 0.15) is 5.75 Å². The van der Waals surface area contributed by atoms with E-state index in [1.807, 2.05) is 6.07 Å². The maximum atomic E-state index is 10.8. The molecule has 1 aromatic heterocycles. The molecule has 0 N–H and O–H groups in total. The van der Waals surface area contributed by atoms with E-state index in [4.69, 9.17) is 9.38 Å². The van der Waals surface area contributed by atoms with Gasteiger partial charge in [-0.2, -0.15) is 0 Å². The van der Waals surface area contributed by atoms with Crippen molar-refractivity contribution in [1.29, 1.82) is 0 Å². The summed E-state index contributed by atoms with van der Waals surface area (Å²) in [6.45, 7) is 17.5. The first kappa shape index (κ1) is 27.3. The molecule has 0 saturated heterocycles. The molecular weight excluding hydrogens is 402 g/mol. The van der Waals surface area contributed by atoms with Gasteiger partial charge in [0, 0.05) is 18.0 Å². The molecule has 0 atom stereocenters. The first-order valence-corrected chi connectivity index (χ1v) is 15.3. The van der Waals surface area contributed by atoms with Crippen molar-refractivity contribution in [3.8, 4) is 5.75 Å². The maximum absolute atomic E-state index is 10.8. The number of nitrogens with zero attached hydrogens (tertiary/aromatic N) is 3. The molecule has 0 spiro atoms. The number of methoxy groups -OCH3 is 1. The molecule has 0 amide bonds. The van der Waals surface area contributed by atoms with Gasteiger partial charge in [-0.25, -0.2) is 0 Å². The van der Waals surface area contributed by atoms with Gasteiger partial charge in [-0.1, -0.05) is 68.8 Å². The summed E-state index contributed by atoms with van der Waals surface area (Å²) in [5.41, 5.74) is 1.52. The van der Waals surface area contributed by atoms with Crippen LogP contribution in [0.2, 0.25) is 39.3 Å². The van der Waals surface area contributed by atoms with Crippen LogP contribution in [0.15, 0.2) is 35.2 Å². The Bertz CT molecular complexity index is 579. The molecule has 0 saturated carbocycles. The zero-order chi connectivity index (χ0) is 19.7. The van der Waals surface area contributed by atoms with Crippen molar-refractivity contribution in [3.63, 3.8) is 0 Å². The monoisotopic (exact) mass is 435 g/mol. The summed E-state index contributed by atoms with van der Waals surface area (Å²) < 4.78 is 9.90. The number of allylic oxidation sites excluding steroid dienone is 2. The van der Waals surface area contributed by atoms with E-state index in [2.05, 4.69) is 49.3 Å². The van der Waals surface area contributed by atoms with Gasteiger partial charge >= 0.3 is 17.1 Å². The van der Waals surface area contributed by atoms with Crippen molar-refractivity contribution in [1.82, 2.24) is 4.98 Å². The normalized spacial score (nSPS) is 12.7. The third kappa shape index (κ3) is 16.5. The van der Waals surface area contributed by atoms with E-state index in [-0.39, 0.29) is 22.8 Å². The van der Waals surface area contributed by atoms with Crippen LogP contribution in [0.1, 0.15) is 19.5 Å². The molecule has 0 aromatic carbocycles. The Hall–Kier alpha value is -0.927. The van der Waals surface area contributed by atoms with Crippen molar-refractivity contribution in [3.05, 3.63) is 40.5 Å². The quantitative estimate of drug-likeness (QED) is 0.379. The largest absolute Gasteiger partial charge is 2.00 e. The summed E-state index contributed by atoms with van der Waals surface area (Å²) in [7, 11) is -0.604. The summed E-state index contributed by atoms with van der Waals surface area (Å²) in [6.07, 6.45) is 3.17. The van der Waals surface area contributed by atoms with E-state index in [0.29, 0.717) is 12.3 Å². The molecule has 0 fully saturated rings. The summed E-state index contributed by atoms with van der Waals surface area (Å²) in [5, 5.41) is 10.8. The second-order valence-electron chi connectivity index (χ2n) is 7.85. The number of hydrogen-bond acceptors (Lipinski definition) is 4. The smallest absolute Gasteiger partial charge is 0.876 e. The Balaban J connectivity index is 0. The summed E-state index contributed by atoms with van der Waals surface area (Å²) in [6, 6.07) is 3.60. The van der Waals surface area contributed by atoms with Gasteiger partial charge in [-0.15, -0.1) is 5.76 Å². The van der Waals surface area contributed by atoms with E-state index < -0.39 is 16.5 Å². The van der Waals surface area contributed by atoms with Gasteiger partial charge in [0.05, 0.1) is 19.3 Å². The van der Waals surface area contributed by atoms with Gasteiger partial charge in [-0.3, -0.25) is 9.98 Å². The van der Waals surface area contributed by atoms with Crippen LogP contribution in [0, 0.1) is 0 Å². The standard InChI is InChI=1S/C12H16N2O2.C6H18NSi2.Fe/c1-9(6-10(2)15)14-8-11-7-12(16-3)4-5-13-11;1-8(2,3)7-9(4,5)6;/h4-7,15H,8H2,1-3H3;1-6H3;/q;-1;+2/p-1/b10-6-,14-9?;;. The number of ether oxygens (including phenoxy) is 1. The van der Waals surface area contributed by atoms with Crippen molar-refractivity contribution in [2.75, 3.05) is 7.11 Å². The average Bonchev–Trinajstić information content (AvgIpc) is 2.41. The third-order valence-corrected chi connectivity index (χ3v) is 7.96. The Morgan fingerprint density at radius 1 is 1.19 bits per heavy atom. The molecule has 0 aliphatic rings. The fraction of sp³-hybridized carbons (Fsp3) is 0.556. The molecule has 0 aliphatic heterocycles. The van der Waals surface area contributed by atoms with Crippen LogP contribution >= 0.6 is 0 Å². The predicted octanol–water partition coefficient (Wildman–Crippen LogP) is 4.34. The second-order valence-corrected chi connectivity index (χ2v) is 17.4. The van der Waals surface area contributed by atoms with Gasteiger partial charge in [-0.05, 0) is 13.0 Å². The molecule has 1 rings (SSSR count).